The molecule has 4 rings (SSSR count). The Morgan fingerprint density at radius 1 is 1.13 bits per heavy atom. The van der Waals surface area contributed by atoms with Gasteiger partial charge < -0.3 is 10.4 Å². The first-order chi connectivity index (χ1) is 10.9. The molecule has 0 aromatic carbocycles. The van der Waals surface area contributed by atoms with Gasteiger partial charge in [0.25, 0.3) is 0 Å². The van der Waals surface area contributed by atoms with Gasteiger partial charge in [-0.25, -0.2) is 9.97 Å². The van der Waals surface area contributed by atoms with Gasteiger partial charge >= 0.3 is 0 Å². The summed E-state index contributed by atoms with van der Waals surface area (Å²) in [6, 6.07) is 2.27. The van der Waals surface area contributed by atoms with Crippen molar-refractivity contribution in [2.24, 2.45) is 22.2 Å². The van der Waals surface area contributed by atoms with Crippen molar-refractivity contribution in [1.82, 2.24) is 9.97 Å². The van der Waals surface area contributed by atoms with Gasteiger partial charge in [-0.1, -0.05) is 20.8 Å². The molecule has 0 aliphatic heterocycles. The summed E-state index contributed by atoms with van der Waals surface area (Å²) in [7, 11) is 0. The fourth-order valence-corrected chi connectivity index (χ4v) is 6.33. The Balaban J connectivity index is 1.70. The van der Waals surface area contributed by atoms with Crippen LogP contribution in [-0.4, -0.2) is 27.2 Å². The Hall–Kier alpha value is -1.16. The molecule has 1 aromatic rings. The molecule has 4 heteroatoms. The largest absolute Gasteiger partial charge is 0.393 e. The average Bonchev–Trinajstić information content (AvgIpc) is 2.71. The first-order valence-electron chi connectivity index (χ1n) is 9.07. The number of aliphatic hydroxyl groups is 1. The van der Waals surface area contributed by atoms with Crippen LogP contribution in [0.3, 0.4) is 0 Å². The zero-order chi connectivity index (χ0) is 16.3. The van der Waals surface area contributed by atoms with Crippen molar-refractivity contribution in [3.05, 3.63) is 18.5 Å². The van der Waals surface area contributed by atoms with Gasteiger partial charge in [0.2, 0.25) is 5.95 Å². The third kappa shape index (κ3) is 2.21. The van der Waals surface area contributed by atoms with Crippen LogP contribution in [0, 0.1) is 22.2 Å². The van der Waals surface area contributed by atoms with Crippen LogP contribution in [-0.2, 0) is 0 Å². The molecule has 0 unspecified atom stereocenters. The maximum absolute atomic E-state index is 10.6. The van der Waals surface area contributed by atoms with E-state index in [4.69, 9.17) is 0 Å². The van der Waals surface area contributed by atoms with E-state index in [-0.39, 0.29) is 16.9 Å². The standard InChI is InChI=1S/C19H29N3O/c1-17(2)11-14(22-16-20-9-4-10-21-16)19-8-6-15(23)18(3,12-19)7-5-13(17)19/h4,9-10,13-15,23H,5-8,11-12H2,1-3H3,(H,20,21,22)/t13-,14-,15+,18+,19-/m0/s1. The van der Waals surface area contributed by atoms with Gasteiger partial charge in [-0.3, -0.25) is 0 Å². The summed E-state index contributed by atoms with van der Waals surface area (Å²) in [6.07, 6.45) is 10.3. The van der Waals surface area contributed by atoms with Crippen LogP contribution in [0.1, 0.15) is 59.3 Å². The van der Waals surface area contributed by atoms with Crippen LogP contribution in [0.25, 0.3) is 0 Å². The molecule has 3 aliphatic rings. The maximum Gasteiger partial charge on any atom is 0.222 e. The van der Waals surface area contributed by atoms with E-state index in [1.165, 1.54) is 19.3 Å². The lowest BCUT2D eigenvalue weighted by Crippen LogP contribution is -2.55. The van der Waals surface area contributed by atoms with Crippen molar-refractivity contribution in [3.63, 3.8) is 0 Å². The monoisotopic (exact) mass is 315 g/mol. The minimum Gasteiger partial charge on any atom is -0.393 e. The predicted molar refractivity (Wildman–Crippen MR) is 91.0 cm³/mol. The lowest BCUT2D eigenvalue weighted by molar-refractivity contribution is -0.118. The molecule has 3 aliphatic carbocycles. The zero-order valence-corrected chi connectivity index (χ0v) is 14.5. The van der Waals surface area contributed by atoms with Gasteiger partial charge in [-0.2, -0.15) is 0 Å². The van der Waals surface area contributed by atoms with Crippen molar-refractivity contribution in [3.8, 4) is 0 Å². The molecule has 126 valence electrons. The maximum atomic E-state index is 10.6. The lowest BCUT2D eigenvalue weighted by atomic mass is 9.49. The second-order valence-corrected chi connectivity index (χ2v) is 9.17. The van der Waals surface area contributed by atoms with E-state index in [9.17, 15) is 5.11 Å². The molecule has 2 bridgehead atoms. The Labute approximate surface area is 139 Å². The molecule has 5 atom stereocenters. The Morgan fingerprint density at radius 2 is 1.87 bits per heavy atom. The summed E-state index contributed by atoms with van der Waals surface area (Å²) >= 11 is 0. The fraction of sp³-hybridized carbons (Fsp3) is 0.789. The molecule has 1 aromatic heterocycles. The number of fused-ring (bicyclic) bond motifs is 1. The van der Waals surface area contributed by atoms with Gasteiger partial charge in [-0.05, 0) is 66.8 Å². The molecule has 0 saturated heterocycles. The van der Waals surface area contributed by atoms with Crippen molar-refractivity contribution in [2.45, 2.75) is 71.4 Å². The minimum atomic E-state index is -0.133. The van der Waals surface area contributed by atoms with Gasteiger partial charge in [0.1, 0.15) is 0 Å². The molecule has 1 heterocycles. The predicted octanol–water partition coefficient (Wildman–Crippen LogP) is 3.63. The van der Waals surface area contributed by atoms with Crippen LogP contribution in [0.5, 0.6) is 0 Å². The number of nitrogens with one attached hydrogen (secondary N) is 1. The second kappa shape index (κ2) is 4.92. The highest BCUT2D eigenvalue weighted by Crippen LogP contribution is 2.68. The van der Waals surface area contributed by atoms with Gasteiger partial charge in [0.15, 0.2) is 0 Å². The number of hydrogen-bond acceptors (Lipinski definition) is 4. The molecular formula is C19H29N3O. The second-order valence-electron chi connectivity index (χ2n) is 9.17. The molecule has 23 heavy (non-hydrogen) atoms. The quantitative estimate of drug-likeness (QED) is 0.875. The number of aromatic nitrogens is 2. The molecule has 2 N–H and O–H groups in total. The SMILES string of the molecule is CC1(C)C[C@H](Nc2ncccn2)[C@]23CC[C@@H](O)[C@](C)(CC[C@@H]12)C3. The fourth-order valence-electron chi connectivity index (χ4n) is 6.33. The first-order valence-corrected chi connectivity index (χ1v) is 9.07. The van der Waals surface area contributed by atoms with Crippen LogP contribution >= 0.6 is 0 Å². The third-order valence-corrected chi connectivity index (χ3v) is 7.36. The molecular weight excluding hydrogens is 286 g/mol. The van der Waals surface area contributed by atoms with E-state index in [0.717, 1.165) is 31.1 Å². The van der Waals surface area contributed by atoms with Crippen LogP contribution in [0.15, 0.2) is 18.5 Å². The van der Waals surface area contributed by atoms with E-state index in [0.29, 0.717) is 11.5 Å². The minimum absolute atomic E-state index is 0.0899. The highest BCUT2D eigenvalue weighted by molar-refractivity contribution is 5.30. The highest BCUT2D eigenvalue weighted by atomic mass is 16.3. The van der Waals surface area contributed by atoms with Crippen molar-refractivity contribution >= 4 is 5.95 Å². The summed E-state index contributed by atoms with van der Waals surface area (Å²) in [5, 5.41) is 14.2. The van der Waals surface area contributed by atoms with Crippen LogP contribution in [0.2, 0.25) is 0 Å². The van der Waals surface area contributed by atoms with Crippen molar-refractivity contribution in [2.75, 3.05) is 5.32 Å². The summed E-state index contributed by atoms with van der Waals surface area (Å²) in [5.41, 5.74) is 0.720. The molecule has 1 spiro atoms. The first kappa shape index (κ1) is 15.4. The topological polar surface area (TPSA) is 58.0 Å². The smallest absolute Gasteiger partial charge is 0.222 e. The number of hydrogen-bond donors (Lipinski definition) is 2. The third-order valence-electron chi connectivity index (χ3n) is 7.36. The van der Waals surface area contributed by atoms with E-state index < -0.39 is 0 Å². The number of aliphatic hydroxyl groups excluding tert-OH is 1. The number of rotatable bonds is 2. The number of anilines is 1. The summed E-state index contributed by atoms with van der Waals surface area (Å²) in [5.74, 6) is 1.48. The number of nitrogens with zero attached hydrogens (tertiary/aromatic N) is 2. The summed E-state index contributed by atoms with van der Waals surface area (Å²) < 4.78 is 0. The molecule has 3 saturated carbocycles. The van der Waals surface area contributed by atoms with Gasteiger partial charge in [0, 0.05) is 18.4 Å². The highest BCUT2D eigenvalue weighted by Gasteiger charge is 2.64. The molecule has 0 amide bonds. The Morgan fingerprint density at radius 3 is 2.61 bits per heavy atom. The van der Waals surface area contributed by atoms with Gasteiger partial charge in [-0.15, -0.1) is 0 Å². The summed E-state index contributed by atoms with van der Waals surface area (Å²) in [4.78, 5) is 8.78. The van der Waals surface area contributed by atoms with Crippen LogP contribution < -0.4 is 5.32 Å². The normalized spacial score (nSPS) is 44.6. The van der Waals surface area contributed by atoms with E-state index >= 15 is 0 Å². The van der Waals surface area contributed by atoms with Crippen molar-refractivity contribution in [1.29, 1.82) is 0 Å². The average molecular weight is 315 g/mol. The summed E-state index contributed by atoms with van der Waals surface area (Å²) in [6.45, 7) is 7.16. The zero-order valence-electron chi connectivity index (χ0n) is 14.5. The Kier molecular flexibility index (Phi) is 3.29. The lowest BCUT2D eigenvalue weighted by Gasteiger charge is -2.58. The van der Waals surface area contributed by atoms with E-state index in [2.05, 4.69) is 36.1 Å². The van der Waals surface area contributed by atoms with Crippen LogP contribution in [0.4, 0.5) is 5.95 Å². The van der Waals surface area contributed by atoms with Crippen molar-refractivity contribution < 1.29 is 5.11 Å². The molecule has 4 nitrogen and oxygen atoms in total. The van der Waals surface area contributed by atoms with E-state index in [1.807, 2.05) is 6.07 Å². The molecule has 3 fully saturated rings. The molecule has 0 radical (unpaired) electrons. The van der Waals surface area contributed by atoms with Gasteiger partial charge in [0.05, 0.1) is 6.10 Å². The Bertz CT molecular complexity index is 590. The van der Waals surface area contributed by atoms with E-state index in [1.54, 1.807) is 12.4 Å².